The maximum absolute atomic E-state index is 5.38. The lowest BCUT2D eigenvalue weighted by molar-refractivity contribution is 0.0377. The van der Waals surface area contributed by atoms with Crippen LogP contribution in [0.1, 0.15) is 30.0 Å². The minimum atomic E-state index is 0.375. The van der Waals surface area contributed by atoms with Gasteiger partial charge in [0.25, 0.3) is 0 Å². The Kier molecular flexibility index (Phi) is 8.56. The van der Waals surface area contributed by atoms with Crippen molar-refractivity contribution in [2.24, 2.45) is 4.99 Å². The van der Waals surface area contributed by atoms with Gasteiger partial charge in [-0.2, -0.15) is 0 Å². The van der Waals surface area contributed by atoms with Crippen LogP contribution >= 0.6 is 11.3 Å². The number of aliphatic imine (C=N–C) groups is 1. The topological polar surface area (TPSA) is 48.9 Å². The zero-order chi connectivity index (χ0) is 17.2. The number of morpholine rings is 1. The molecule has 0 amide bonds. The fourth-order valence-corrected chi connectivity index (χ4v) is 3.83. The molecule has 2 N–H and O–H groups in total. The largest absolute Gasteiger partial charge is 0.379 e. The van der Waals surface area contributed by atoms with E-state index in [9.17, 15) is 0 Å². The summed E-state index contributed by atoms with van der Waals surface area (Å²) in [4.78, 5) is 9.99. The molecule has 0 aromatic carbocycles. The number of nitrogens with one attached hydrogen (secondary N) is 2. The third-order valence-corrected chi connectivity index (χ3v) is 5.06. The number of nitrogens with zero attached hydrogens (tertiary/aromatic N) is 2. The van der Waals surface area contributed by atoms with E-state index in [-0.39, 0.29) is 0 Å². The van der Waals surface area contributed by atoms with Gasteiger partial charge in [0.15, 0.2) is 5.96 Å². The summed E-state index contributed by atoms with van der Waals surface area (Å²) < 4.78 is 5.38. The first-order valence-corrected chi connectivity index (χ1v) is 9.89. The quantitative estimate of drug-likeness (QED) is 0.428. The van der Waals surface area contributed by atoms with Crippen molar-refractivity contribution >= 4 is 17.3 Å². The second-order valence-corrected chi connectivity index (χ2v) is 7.70. The van der Waals surface area contributed by atoms with Crippen LogP contribution in [0.5, 0.6) is 0 Å². The summed E-state index contributed by atoms with van der Waals surface area (Å²) >= 11 is 1.88. The molecule has 136 valence electrons. The van der Waals surface area contributed by atoms with Crippen molar-refractivity contribution in [3.05, 3.63) is 21.9 Å². The standard InChI is InChI=1S/C18H32N4OS/c1-4-19-18(20-8-5-9-22-10-12-23-13-11-22)21-15(2)14-17-7-6-16(3)24-17/h6-7,15H,4-5,8-14H2,1-3H3,(H2,19,20,21). The molecule has 0 spiro atoms. The van der Waals surface area contributed by atoms with Gasteiger partial charge in [0.05, 0.1) is 13.2 Å². The van der Waals surface area contributed by atoms with Gasteiger partial charge in [0.1, 0.15) is 0 Å². The van der Waals surface area contributed by atoms with Crippen LogP contribution in [0.3, 0.4) is 0 Å². The van der Waals surface area contributed by atoms with E-state index >= 15 is 0 Å². The molecule has 5 nitrogen and oxygen atoms in total. The number of ether oxygens (including phenoxy) is 1. The lowest BCUT2D eigenvalue weighted by atomic mass is 10.2. The Hall–Kier alpha value is -1.11. The minimum absolute atomic E-state index is 0.375. The monoisotopic (exact) mass is 352 g/mol. The minimum Gasteiger partial charge on any atom is -0.379 e. The molecule has 0 aliphatic carbocycles. The molecule has 0 radical (unpaired) electrons. The van der Waals surface area contributed by atoms with Gasteiger partial charge < -0.3 is 15.4 Å². The Morgan fingerprint density at radius 3 is 2.83 bits per heavy atom. The number of rotatable bonds is 8. The van der Waals surface area contributed by atoms with E-state index in [2.05, 4.69) is 48.4 Å². The lowest BCUT2D eigenvalue weighted by Gasteiger charge is -2.26. The first-order chi connectivity index (χ1) is 11.7. The van der Waals surface area contributed by atoms with Gasteiger partial charge in [-0.1, -0.05) is 0 Å². The van der Waals surface area contributed by atoms with Crippen molar-refractivity contribution in [3.63, 3.8) is 0 Å². The highest BCUT2D eigenvalue weighted by Gasteiger charge is 2.10. The van der Waals surface area contributed by atoms with Crippen LogP contribution in [0.4, 0.5) is 0 Å². The molecule has 2 heterocycles. The predicted molar refractivity (Wildman–Crippen MR) is 103 cm³/mol. The molecule has 0 bridgehead atoms. The van der Waals surface area contributed by atoms with Gasteiger partial charge in [0.2, 0.25) is 0 Å². The van der Waals surface area contributed by atoms with E-state index in [1.54, 1.807) is 0 Å². The van der Waals surface area contributed by atoms with Gasteiger partial charge in [0, 0.05) is 54.9 Å². The summed E-state index contributed by atoms with van der Waals surface area (Å²) in [6.45, 7) is 13.2. The van der Waals surface area contributed by atoms with Crippen LogP contribution in [0.25, 0.3) is 0 Å². The normalized spacial score (nSPS) is 17.7. The van der Waals surface area contributed by atoms with Crippen molar-refractivity contribution < 1.29 is 4.74 Å². The fourth-order valence-electron chi connectivity index (χ4n) is 2.81. The van der Waals surface area contributed by atoms with Crippen molar-refractivity contribution in [1.29, 1.82) is 0 Å². The van der Waals surface area contributed by atoms with Crippen molar-refractivity contribution in [3.8, 4) is 0 Å². The van der Waals surface area contributed by atoms with Crippen molar-refractivity contribution in [1.82, 2.24) is 15.5 Å². The van der Waals surface area contributed by atoms with E-state index in [1.807, 2.05) is 11.3 Å². The Morgan fingerprint density at radius 2 is 2.17 bits per heavy atom. The average molecular weight is 353 g/mol. The second kappa shape index (κ2) is 10.7. The Labute approximate surface area is 150 Å². The molecule has 6 heteroatoms. The van der Waals surface area contributed by atoms with Gasteiger partial charge in [-0.25, -0.2) is 0 Å². The molecule has 1 atom stereocenters. The van der Waals surface area contributed by atoms with E-state index in [0.717, 1.165) is 64.7 Å². The maximum Gasteiger partial charge on any atom is 0.191 e. The number of hydrogen-bond acceptors (Lipinski definition) is 4. The van der Waals surface area contributed by atoms with E-state index in [4.69, 9.17) is 9.73 Å². The summed E-state index contributed by atoms with van der Waals surface area (Å²) in [5.41, 5.74) is 0. The van der Waals surface area contributed by atoms with Crippen LogP contribution in [0.15, 0.2) is 17.1 Å². The highest BCUT2D eigenvalue weighted by molar-refractivity contribution is 7.11. The molecule has 24 heavy (non-hydrogen) atoms. The molecule has 1 saturated heterocycles. The van der Waals surface area contributed by atoms with E-state index in [0.29, 0.717) is 6.04 Å². The van der Waals surface area contributed by atoms with Crippen molar-refractivity contribution in [2.45, 2.75) is 39.7 Å². The molecule has 1 aromatic rings. The number of thiophene rings is 1. The van der Waals surface area contributed by atoms with Gasteiger partial charge in [-0.05, 0) is 39.3 Å². The number of aryl methyl sites for hydroxylation is 1. The van der Waals surface area contributed by atoms with Crippen LogP contribution < -0.4 is 10.6 Å². The highest BCUT2D eigenvalue weighted by Crippen LogP contribution is 2.16. The Balaban J connectivity index is 1.72. The van der Waals surface area contributed by atoms with Crippen LogP contribution in [0.2, 0.25) is 0 Å². The predicted octanol–water partition coefficient (Wildman–Crippen LogP) is 2.26. The summed E-state index contributed by atoms with van der Waals surface area (Å²) in [6, 6.07) is 4.79. The zero-order valence-corrected chi connectivity index (χ0v) is 16.1. The average Bonchev–Trinajstić information content (AvgIpc) is 2.97. The van der Waals surface area contributed by atoms with Gasteiger partial charge >= 0.3 is 0 Å². The summed E-state index contributed by atoms with van der Waals surface area (Å²) in [5.74, 6) is 0.931. The molecule has 1 aliphatic rings. The third-order valence-electron chi connectivity index (χ3n) is 4.04. The SMILES string of the molecule is CCNC(=NCCCN1CCOCC1)NC(C)Cc1ccc(C)s1. The number of guanidine groups is 1. The Morgan fingerprint density at radius 1 is 1.38 bits per heavy atom. The van der Waals surface area contributed by atoms with E-state index in [1.165, 1.54) is 9.75 Å². The second-order valence-electron chi connectivity index (χ2n) is 6.33. The van der Waals surface area contributed by atoms with Gasteiger partial charge in [-0.3, -0.25) is 9.89 Å². The summed E-state index contributed by atoms with van der Waals surface area (Å²) in [6.07, 6.45) is 2.13. The zero-order valence-electron chi connectivity index (χ0n) is 15.3. The first kappa shape index (κ1) is 19.2. The smallest absolute Gasteiger partial charge is 0.191 e. The van der Waals surface area contributed by atoms with Crippen LogP contribution in [-0.2, 0) is 11.2 Å². The third kappa shape index (κ3) is 7.20. The molecule has 1 aliphatic heterocycles. The van der Waals surface area contributed by atoms with Crippen molar-refractivity contribution in [2.75, 3.05) is 45.9 Å². The van der Waals surface area contributed by atoms with E-state index < -0.39 is 0 Å². The summed E-state index contributed by atoms with van der Waals surface area (Å²) in [5, 5.41) is 6.88. The fraction of sp³-hybridized carbons (Fsp3) is 0.722. The molecule has 1 aromatic heterocycles. The molecular formula is C18H32N4OS. The van der Waals surface area contributed by atoms with Gasteiger partial charge in [-0.15, -0.1) is 11.3 Å². The Bertz CT molecular complexity index is 497. The highest BCUT2D eigenvalue weighted by atomic mass is 32.1. The van der Waals surface area contributed by atoms with Crippen LogP contribution in [-0.4, -0.2) is 62.8 Å². The molecule has 2 rings (SSSR count). The molecule has 0 saturated carbocycles. The first-order valence-electron chi connectivity index (χ1n) is 9.07. The summed E-state index contributed by atoms with van der Waals surface area (Å²) in [7, 11) is 0. The molecular weight excluding hydrogens is 320 g/mol. The molecule has 1 unspecified atom stereocenters. The maximum atomic E-state index is 5.38. The lowest BCUT2D eigenvalue weighted by Crippen LogP contribution is -2.43. The molecule has 1 fully saturated rings. The number of hydrogen-bond donors (Lipinski definition) is 2. The van der Waals surface area contributed by atoms with Crippen LogP contribution in [0, 0.1) is 6.92 Å².